The Labute approximate surface area is 205 Å². The van der Waals surface area contributed by atoms with Gasteiger partial charge >= 0.3 is 0 Å². The van der Waals surface area contributed by atoms with Crippen molar-refractivity contribution in [1.29, 1.82) is 0 Å². The highest BCUT2D eigenvalue weighted by molar-refractivity contribution is 6.02. The summed E-state index contributed by atoms with van der Waals surface area (Å²) in [4.78, 5) is 8.63. The molecule has 1 saturated carbocycles. The predicted octanol–water partition coefficient (Wildman–Crippen LogP) is 7.78. The molecule has 35 heavy (non-hydrogen) atoms. The van der Waals surface area contributed by atoms with Crippen LogP contribution in [0.5, 0.6) is 0 Å². The lowest BCUT2D eigenvalue weighted by Gasteiger charge is -2.34. The number of hydrogen-bond donors (Lipinski definition) is 0. The van der Waals surface area contributed by atoms with Gasteiger partial charge in [0.15, 0.2) is 5.69 Å². The standard InChI is InChI=1S/C30H29N5/c1-30(14-5-4-6-15-30)20-35-16-13-25-27(35)19-32-29(28(25)21-7-10-24(31-2)11-8-21)22-9-12-26-23(17-22)18-33-34(26)3/h7-13,16-19H,4-6,14-15,20H2,1,3H3. The maximum atomic E-state index is 7.35. The zero-order valence-corrected chi connectivity index (χ0v) is 20.3. The zero-order chi connectivity index (χ0) is 24.0. The highest BCUT2D eigenvalue weighted by Crippen LogP contribution is 2.41. The predicted molar refractivity (Wildman–Crippen MR) is 142 cm³/mol. The molecule has 5 heteroatoms. The van der Waals surface area contributed by atoms with Gasteiger partial charge < -0.3 is 4.57 Å². The Bertz CT molecular complexity index is 1570. The van der Waals surface area contributed by atoms with Gasteiger partial charge in [-0.2, -0.15) is 5.10 Å². The fourth-order valence-corrected chi connectivity index (χ4v) is 5.80. The van der Waals surface area contributed by atoms with Crippen LogP contribution in [-0.2, 0) is 13.6 Å². The van der Waals surface area contributed by atoms with Crippen LogP contribution in [0.2, 0.25) is 0 Å². The van der Waals surface area contributed by atoms with Crippen molar-refractivity contribution in [1.82, 2.24) is 19.3 Å². The largest absolute Gasteiger partial charge is 0.346 e. The Hall–Kier alpha value is -3.91. The monoisotopic (exact) mass is 459 g/mol. The number of aryl methyl sites for hydroxylation is 1. The summed E-state index contributed by atoms with van der Waals surface area (Å²) in [6.07, 6.45) is 12.8. The quantitative estimate of drug-likeness (QED) is 0.257. The summed E-state index contributed by atoms with van der Waals surface area (Å²) in [5.41, 5.74) is 7.50. The first-order valence-corrected chi connectivity index (χ1v) is 12.4. The minimum Gasteiger partial charge on any atom is -0.346 e. The van der Waals surface area contributed by atoms with Gasteiger partial charge in [-0.15, -0.1) is 0 Å². The average molecular weight is 460 g/mol. The average Bonchev–Trinajstić information content (AvgIpc) is 3.46. The minimum atomic E-state index is 0.339. The third-order valence-corrected chi connectivity index (χ3v) is 7.75. The van der Waals surface area contributed by atoms with Gasteiger partial charge in [0.05, 0.1) is 35.7 Å². The Morgan fingerprint density at radius 3 is 2.49 bits per heavy atom. The van der Waals surface area contributed by atoms with Gasteiger partial charge in [-0.1, -0.05) is 56.5 Å². The molecule has 0 bridgehead atoms. The molecule has 174 valence electrons. The van der Waals surface area contributed by atoms with Crippen molar-refractivity contribution >= 4 is 27.5 Å². The van der Waals surface area contributed by atoms with Crippen molar-refractivity contribution in [2.45, 2.75) is 45.6 Å². The molecular weight excluding hydrogens is 430 g/mol. The summed E-state index contributed by atoms with van der Waals surface area (Å²) in [7, 11) is 1.96. The molecule has 0 aliphatic heterocycles. The van der Waals surface area contributed by atoms with E-state index < -0.39 is 0 Å². The van der Waals surface area contributed by atoms with Crippen LogP contribution in [0.4, 0.5) is 5.69 Å². The third kappa shape index (κ3) is 3.80. The van der Waals surface area contributed by atoms with E-state index in [9.17, 15) is 0 Å². The summed E-state index contributed by atoms with van der Waals surface area (Å²) in [6.45, 7) is 10.8. The van der Waals surface area contributed by atoms with Gasteiger partial charge in [0, 0.05) is 41.7 Å². The lowest BCUT2D eigenvalue weighted by atomic mass is 9.75. The molecule has 5 aromatic rings. The minimum absolute atomic E-state index is 0.339. The van der Waals surface area contributed by atoms with Gasteiger partial charge in [0.2, 0.25) is 0 Å². The second-order valence-electron chi connectivity index (χ2n) is 10.3. The number of rotatable bonds is 4. The van der Waals surface area contributed by atoms with Crippen LogP contribution in [0, 0.1) is 12.0 Å². The maximum Gasteiger partial charge on any atom is 0.187 e. The molecule has 5 nitrogen and oxygen atoms in total. The van der Waals surface area contributed by atoms with Crippen LogP contribution in [-0.4, -0.2) is 19.3 Å². The second kappa shape index (κ2) is 8.39. The second-order valence-corrected chi connectivity index (χ2v) is 10.3. The summed E-state index contributed by atoms with van der Waals surface area (Å²) >= 11 is 0. The smallest absolute Gasteiger partial charge is 0.187 e. The van der Waals surface area contributed by atoms with E-state index in [2.05, 4.69) is 64.0 Å². The van der Waals surface area contributed by atoms with Crippen molar-refractivity contribution < 1.29 is 0 Å². The lowest BCUT2D eigenvalue weighted by Crippen LogP contribution is -2.25. The van der Waals surface area contributed by atoms with Crippen molar-refractivity contribution in [3.63, 3.8) is 0 Å². The summed E-state index contributed by atoms with van der Waals surface area (Å²) in [5.74, 6) is 0. The molecular formula is C30H29N5. The Morgan fingerprint density at radius 1 is 0.943 bits per heavy atom. The highest BCUT2D eigenvalue weighted by Gasteiger charge is 2.28. The number of benzene rings is 2. The molecule has 0 saturated heterocycles. The van der Waals surface area contributed by atoms with E-state index in [1.807, 2.05) is 36.3 Å². The van der Waals surface area contributed by atoms with Crippen LogP contribution >= 0.6 is 0 Å². The van der Waals surface area contributed by atoms with Crippen LogP contribution < -0.4 is 0 Å². The summed E-state index contributed by atoms with van der Waals surface area (Å²) in [6, 6.07) is 16.6. The van der Waals surface area contributed by atoms with Crippen molar-refractivity contribution in [2.24, 2.45) is 12.5 Å². The van der Waals surface area contributed by atoms with E-state index in [-0.39, 0.29) is 0 Å². The molecule has 1 aliphatic carbocycles. The maximum absolute atomic E-state index is 7.35. The normalized spacial score (nSPS) is 15.5. The molecule has 1 fully saturated rings. The first-order valence-electron chi connectivity index (χ1n) is 12.4. The summed E-state index contributed by atoms with van der Waals surface area (Å²) < 4.78 is 4.30. The molecule has 0 radical (unpaired) electrons. The Kier molecular flexibility index (Phi) is 5.18. The van der Waals surface area contributed by atoms with Gasteiger partial charge in [0.25, 0.3) is 0 Å². The van der Waals surface area contributed by atoms with Crippen molar-refractivity contribution in [3.05, 3.63) is 78.5 Å². The van der Waals surface area contributed by atoms with Crippen LogP contribution in [0.15, 0.2) is 67.1 Å². The SMILES string of the molecule is [C-]#[N+]c1ccc(-c2c(-c3ccc4c(cnn4C)c3)ncc3c2ccn3CC2(C)CCCCC2)cc1. The number of nitrogens with zero attached hydrogens (tertiary/aromatic N) is 5. The molecule has 0 atom stereocenters. The van der Waals surface area contributed by atoms with E-state index in [0.29, 0.717) is 11.1 Å². The van der Waals surface area contributed by atoms with E-state index in [1.54, 1.807) is 0 Å². The molecule has 3 aromatic heterocycles. The van der Waals surface area contributed by atoms with Gasteiger partial charge in [0.1, 0.15) is 0 Å². The zero-order valence-electron chi connectivity index (χ0n) is 20.3. The summed E-state index contributed by atoms with van der Waals surface area (Å²) in [5, 5.41) is 6.72. The fourth-order valence-electron chi connectivity index (χ4n) is 5.80. The lowest BCUT2D eigenvalue weighted by molar-refractivity contribution is 0.185. The Morgan fingerprint density at radius 2 is 1.71 bits per heavy atom. The molecule has 0 amide bonds. The first-order chi connectivity index (χ1) is 17.0. The number of fused-ring (bicyclic) bond motifs is 2. The molecule has 0 N–H and O–H groups in total. The van der Waals surface area contributed by atoms with Crippen molar-refractivity contribution in [2.75, 3.05) is 0 Å². The van der Waals surface area contributed by atoms with Crippen LogP contribution in [0.3, 0.4) is 0 Å². The van der Waals surface area contributed by atoms with E-state index in [4.69, 9.17) is 11.6 Å². The third-order valence-electron chi connectivity index (χ3n) is 7.75. The van der Waals surface area contributed by atoms with Crippen LogP contribution in [0.25, 0.3) is 49.0 Å². The van der Waals surface area contributed by atoms with Gasteiger partial charge in [-0.05, 0) is 42.0 Å². The molecule has 0 unspecified atom stereocenters. The fraction of sp³-hybridized carbons (Fsp3) is 0.300. The van der Waals surface area contributed by atoms with E-state index >= 15 is 0 Å². The van der Waals surface area contributed by atoms with Gasteiger partial charge in [-0.3, -0.25) is 9.67 Å². The topological polar surface area (TPSA) is 40.0 Å². The number of aromatic nitrogens is 4. The molecule has 0 spiro atoms. The van der Waals surface area contributed by atoms with E-state index in [0.717, 1.165) is 39.8 Å². The molecule has 6 rings (SSSR count). The highest BCUT2D eigenvalue weighted by atomic mass is 15.2. The number of hydrogen-bond acceptors (Lipinski definition) is 2. The molecule has 1 aliphatic rings. The molecule has 3 heterocycles. The van der Waals surface area contributed by atoms with Crippen molar-refractivity contribution in [3.8, 4) is 22.4 Å². The number of pyridine rings is 1. The van der Waals surface area contributed by atoms with E-state index in [1.165, 1.54) is 43.0 Å². The van der Waals surface area contributed by atoms with Gasteiger partial charge in [-0.25, -0.2) is 4.85 Å². The molecule has 2 aromatic carbocycles. The first kappa shape index (κ1) is 21.6. The Balaban J connectivity index is 1.53. The van der Waals surface area contributed by atoms with Crippen LogP contribution in [0.1, 0.15) is 39.0 Å².